The first-order valence-electron chi connectivity index (χ1n) is 34.6. The molecule has 2 aromatic carbocycles. The summed E-state index contributed by atoms with van der Waals surface area (Å²) in [5.41, 5.74) is 10.4. The molecule has 0 radical (unpaired) electrons. The molecule has 16 rings (SSSR count). The molecule has 2 saturated carbocycles. The Hall–Kier alpha value is -12.9. The Morgan fingerprint density at radius 1 is 0.364 bits per heavy atom. The van der Waals surface area contributed by atoms with Crippen molar-refractivity contribution in [1.29, 1.82) is 0 Å². The van der Waals surface area contributed by atoms with Gasteiger partial charge >= 0.3 is 123 Å². The summed E-state index contributed by atoms with van der Waals surface area (Å²) in [5, 5.41) is 0. The molecule has 10 fully saturated rings. The summed E-state index contributed by atoms with van der Waals surface area (Å²) >= 11 is 0. The molecule has 8 saturated heterocycles. The van der Waals surface area contributed by atoms with E-state index in [-0.39, 0.29) is 0 Å². The lowest BCUT2D eigenvalue weighted by molar-refractivity contribution is -0.725. The Balaban J connectivity index is 0.000000147. The molecule has 0 N–H and O–H groups in total. The van der Waals surface area contributed by atoms with Gasteiger partial charge in [-0.2, -0.15) is 0 Å². The number of aryl methyl sites for hydroxylation is 10. The Morgan fingerprint density at radius 3 is 0.982 bits per heavy atom. The van der Waals surface area contributed by atoms with Crippen LogP contribution in [0.3, 0.4) is 0 Å². The van der Waals surface area contributed by atoms with Crippen molar-refractivity contribution >= 4 is 123 Å². The number of hydrogen-bond donors (Lipinski definition) is 0. The highest BCUT2D eigenvalue weighted by atomic mass is 17.0. The molecule has 6 aromatic rings. The van der Waals surface area contributed by atoms with Gasteiger partial charge in [-0.3, -0.25) is 0 Å². The highest BCUT2D eigenvalue weighted by Crippen LogP contribution is 2.31. The average molecular weight is 1540 g/mol. The van der Waals surface area contributed by atoms with Gasteiger partial charge in [0.05, 0.1) is 27.2 Å². The molecule has 10 aliphatic rings. The first-order chi connectivity index (χ1) is 52.0. The van der Waals surface area contributed by atoms with Crippen LogP contribution in [0, 0.1) is 41.5 Å². The Bertz CT molecular complexity index is 3980. The predicted octanol–water partition coefficient (Wildman–Crippen LogP) is 0.324. The molecular weight excluding hydrogens is 1460 g/mol. The number of carbonyl (C=O) groups excluding carboxylic acids is 16. The normalized spacial score (nSPS) is 19.0. The highest BCUT2D eigenvalue weighted by Gasteiger charge is 2.63. The van der Waals surface area contributed by atoms with Crippen LogP contribution >= 0.6 is 0 Å². The number of imidazole rings is 4. The number of carbonyl (C=O) groups is 16. The molecule has 12 heterocycles. The summed E-state index contributed by atoms with van der Waals surface area (Å²) in [6, 6.07) is 10.6. The van der Waals surface area contributed by atoms with Gasteiger partial charge in [-0.15, -0.1) is 0 Å². The lowest BCUT2D eigenvalue weighted by atomic mass is 9.95. The van der Waals surface area contributed by atoms with E-state index in [1.807, 2.05) is 24.9 Å². The number of rotatable bonds is 8. The average Bonchev–Trinajstić information content (AvgIpc) is 1.66. The van der Waals surface area contributed by atoms with Crippen LogP contribution in [0.25, 0.3) is 11.4 Å². The fraction of sp³-hybridized carbons (Fsp3) is 0.394. The summed E-state index contributed by atoms with van der Waals surface area (Å²) in [6.07, 6.45) is 42.6. The Morgan fingerprint density at radius 2 is 0.682 bits per heavy atom. The Kier molecular flexibility index (Phi) is 25.3. The SMILES string of the molecule is CCCCn1cc[n+](C)c1.CCn1cc[n+](C)c1.Cc1cc(C)c(-n2cc[n+](-c3c(C)cc(C)cc3C)c2)c(C)c1.O=C1O[B-]2(OC1=O)OC(=O)C(=O)O2.O=C1O[B-]2(OC1=O)OC(=O)C(=O)O2.O=C1O[B-]2(OC1=O)OC(=O)C(=O)O2.O=C1O[B-]2(OC1=O)OC(=O)C(=O)O2.c1c[n+](C2CCCCC2)cn1C1CCCCC1. The molecule has 4 spiro atoms. The summed E-state index contributed by atoms with van der Waals surface area (Å²) in [4.78, 5) is 168. The number of aromatic nitrogens is 8. The van der Waals surface area contributed by atoms with Gasteiger partial charge in [0.15, 0.2) is 0 Å². The number of unbranched alkanes of at least 4 members (excludes halogenated alkanes) is 1. The summed E-state index contributed by atoms with van der Waals surface area (Å²) in [6.45, 7) is 6.39. The molecule has 8 aliphatic heterocycles. The van der Waals surface area contributed by atoms with Crippen molar-refractivity contribution in [2.75, 3.05) is 0 Å². The van der Waals surface area contributed by atoms with Crippen LogP contribution in [-0.2, 0) is 178 Å². The third-order valence-electron chi connectivity index (χ3n) is 17.2. The van der Waals surface area contributed by atoms with Crippen molar-refractivity contribution in [3.05, 3.63) is 133 Å². The van der Waals surface area contributed by atoms with E-state index < -0.39 is 123 Å². The van der Waals surface area contributed by atoms with Crippen molar-refractivity contribution in [3.8, 4) is 11.4 Å². The molecule has 110 heavy (non-hydrogen) atoms. The van der Waals surface area contributed by atoms with Crippen LogP contribution in [0.2, 0.25) is 0 Å². The molecule has 0 amide bonds. The molecule has 0 atom stereocenters. The van der Waals surface area contributed by atoms with E-state index in [0.29, 0.717) is 0 Å². The third-order valence-corrected chi connectivity index (χ3v) is 17.2. The molecule has 44 heteroatoms. The van der Waals surface area contributed by atoms with Gasteiger partial charge in [0, 0.05) is 0 Å². The zero-order valence-electron chi connectivity index (χ0n) is 61.2. The van der Waals surface area contributed by atoms with E-state index in [2.05, 4.69) is 255 Å². The van der Waals surface area contributed by atoms with E-state index in [1.54, 1.807) is 0 Å². The predicted molar refractivity (Wildman–Crippen MR) is 357 cm³/mol. The second-order valence-electron chi connectivity index (χ2n) is 26.0. The van der Waals surface area contributed by atoms with E-state index in [1.165, 1.54) is 122 Å². The van der Waals surface area contributed by atoms with Crippen LogP contribution in [0.4, 0.5) is 0 Å². The van der Waals surface area contributed by atoms with Crippen LogP contribution in [0.15, 0.2) is 99.1 Å². The van der Waals surface area contributed by atoms with Gasteiger partial charge in [-0.1, -0.05) is 61.6 Å². The molecule has 584 valence electrons. The van der Waals surface area contributed by atoms with E-state index in [9.17, 15) is 76.7 Å². The second-order valence-corrected chi connectivity index (χ2v) is 26.0. The summed E-state index contributed by atoms with van der Waals surface area (Å²) in [5.74, 6) is -22.0. The Labute approximate surface area is 624 Å². The van der Waals surface area contributed by atoms with Gasteiger partial charge in [0.2, 0.25) is 19.0 Å². The number of nitrogens with zero attached hydrogens (tertiary/aromatic N) is 8. The molecule has 0 unspecified atom stereocenters. The number of hydrogen-bond acceptors (Lipinski definition) is 32. The highest BCUT2D eigenvalue weighted by molar-refractivity contribution is 6.76. The third kappa shape index (κ3) is 20.0. The van der Waals surface area contributed by atoms with E-state index in [4.69, 9.17) is 0 Å². The molecule has 40 nitrogen and oxygen atoms in total. The van der Waals surface area contributed by atoms with Gasteiger partial charge in [-0.25, -0.2) is 113 Å². The van der Waals surface area contributed by atoms with Crippen LogP contribution in [0.5, 0.6) is 0 Å². The monoisotopic (exact) mass is 1540 g/mol. The maximum atomic E-state index is 10.5. The lowest BCUT2D eigenvalue weighted by Gasteiger charge is -2.21. The summed E-state index contributed by atoms with van der Waals surface area (Å²) in [7, 11) is 4.06. The molecular formula is C66H76B4N8O32. The van der Waals surface area contributed by atoms with Gasteiger partial charge in [0.25, 0.3) is 6.33 Å². The zero-order chi connectivity index (χ0) is 80.2. The maximum Gasteiger partial charge on any atom is 0.786 e. The fourth-order valence-electron chi connectivity index (χ4n) is 12.5. The topological polar surface area (TPSA) is 456 Å². The standard InChI is InChI=1S/C21H25N2.C15H25N2.C8H15N2.C6H11N2.4C4BO8/c1-14-9-16(3)20(17(4)10-14)22-7-8-23(13-22)21-18(5)11-15(2)12-19(21)6;1-3-7-14(8-4-1)16-11-12-17(13-16)15-9-5-2-6-10-15;1-3-4-5-10-7-6-9(2)8-10;1-3-8-5-4-7(2)6-8;4*6-1-2(7)11-5(10-1)12-3(8)4(9)13-5/h7-13H,1-6H3;11-15H,1-10H2;6-8H,3-5H2,1-2H3;4-6H,3H2,1-2H3;;;;/q4*+1;4*-1. The first kappa shape index (κ1) is 81.1. The van der Waals surface area contributed by atoms with Crippen molar-refractivity contribution in [2.24, 2.45) is 14.1 Å². The van der Waals surface area contributed by atoms with Gasteiger partial charge in [0.1, 0.15) is 73.0 Å². The minimum Gasteiger partial charge on any atom is -0.576 e. The minimum atomic E-state index is -3.30. The van der Waals surface area contributed by atoms with E-state index in [0.717, 1.165) is 25.2 Å². The van der Waals surface area contributed by atoms with Crippen molar-refractivity contribution in [2.45, 2.75) is 158 Å². The van der Waals surface area contributed by atoms with Gasteiger partial charge < -0.3 is 74.5 Å². The molecule has 4 aromatic heterocycles. The molecule has 2 aliphatic carbocycles. The first-order valence-corrected chi connectivity index (χ1v) is 34.6. The minimum absolute atomic E-state index is 0.786. The maximum absolute atomic E-state index is 10.5. The van der Waals surface area contributed by atoms with Crippen molar-refractivity contribution < 1.29 is 169 Å². The quantitative estimate of drug-likeness (QED) is 0.112. The number of benzene rings is 2. The van der Waals surface area contributed by atoms with Crippen LogP contribution in [-0.4, -0.2) is 142 Å². The van der Waals surface area contributed by atoms with E-state index >= 15 is 0 Å². The van der Waals surface area contributed by atoms with Gasteiger partial charge in [-0.05, 0) is 129 Å². The lowest BCUT2D eigenvalue weighted by Crippen LogP contribution is -2.40. The second kappa shape index (κ2) is 34.3. The van der Waals surface area contributed by atoms with Crippen molar-refractivity contribution in [3.63, 3.8) is 0 Å². The summed E-state index contributed by atoms with van der Waals surface area (Å²) < 4.78 is 83.9. The largest absolute Gasteiger partial charge is 0.786 e. The fourth-order valence-corrected chi connectivity index (χ4v) is 12.5. The smallest absolute Gasteiger partial charge is 0.576 e. The van der Waals surface area contributed by atoms with Crippen LogP contribution < -0.4 is 18.3 Å². The van der Waals surface area contributed by atoms with Crippen LogP contribution in [0.1, 0.15) is 136 Å². The molecule has 0 bridgehead atoms. The zero-order valence-corrected chi connectivity index (χ0v) is 61.2. The van der Waals surface area contributed by atoms with Crippen molar-refractivity contribution in [1.82, 2.24) is 18.3 Å².